The number of rotatable bonds is 6. The maximum absolute atomic E-state index is 10.6. The largest absolute Gasteiger partial charge is 0.463 e. The summed E-state index contributed by atoms with van der Waals surface area (Å²) in [4.78, 5) is 29.8. The third-order valence-corrected chi connectivity index (χ3v) is 1.16. The molecule has 0 aromatic carbocycles. The van der Waals surface area contributed by atoms with Crippen LogP contribution in [0.25, 0.3) is 0 Å². The van der Waals surface area contributed by atoms with Crippen molar-refractivity contribution in [2.45, 2.75) is 26.7 Å². The maximum Gasteiger partial charge on any atom is 0.342 e. The minimum absolute atomic E-state index is 0.0669. The quantitative estimate of drug-likeness (QED) is 0.268. The SMILES string of the molecule is CCC(=O)OCCOOC(=O)CC. The average molecular weight is 190 g/mol. The van der Waals surface area contributed by atoms with Gasteiger partial charge in [0, 0.05) is 12.8 Å². The van der Waals surface area contributed by atoms with Crippen molar-refractivity contribution in [2.24, 2.45) is 0 Å². The molecule has 0 aromatic rings. The first-order chi connectivity index (χ1) is 6.20. The summed E-state index contributed by atoms with van der Waals surface area (Å²) >= 11 is 0. The van der Waals surface area contributed by atoms with Gasteiger partial charge in [-0.25, -0.2) is 4.79 Å². The first-order valence-corrected chi connectivity index (χ1v) is 4.18. The zero-order valence-electron chi connectivity index (χ0n) is 7.87. The summed E-state index contributed by atoms with van der Waals surface area (Å²) in [5.74, 6) is -0.743. The molecule has 13 heavy (non-hydrogen) atoms. The highest BCUT2D eigenvalue weighted by Gasteiger charge is 2.00. The molecule has 0 bridgehead atoms. The molecule has 0 N–H and O–H groups in total. The molecule has 0 radical (unpaired) electrons. The summed E-state index contributed by atoms with van der Waals surface area (Å²) in [5.41, 5.74) is 0. The summed E-state index contributed by atoms with van der Waals surface area (Å²) in [6, 6.07) is 0. The van der Waals surface area contributed by atoms with Crippen LogP contribution in [-0.4, -0.2) is 25.2 Å². The van der Waals surface area contributed by atoms with E-state index in [-0.39, 0.29) is 25.6 Å². The highest BCUT2D eigenvalue weighted by atomic mass is 17.2. The van der Waals surface area contributed by atoms with E-state index in [1.165, 1.54) is 0 Å². The van der Waals surface area contributed by atoms with Crippen LogP contribution < -0.4 is 0 Å². The van der Waals surface area contributed by atoms with E-state index in [1.54, 1.807) is 13.8 Å². The van der Waals surface area contributed by atoms with Gasteiger partial charge in [0.25, 0.3) is 0 Å². The molecule has 0 aliphatic heterocycles. The Balaban J connectivity index is 3.17. The number of carbonyl (C=O) groups is 2. The minimum atomic E-state index is -0.443. The van der Waals surface area contributed by atoms with Crippen molar-refractivity contribution in [1.29, 1.82) is 0 Å². The van der Waals surface area contributed by atoms with Gasteiger partial charge in [0.15, 0.2) is 0 Å². The van der Waals surface area contributed by atoms with Crippen molar-refractivity contribution < 1.29 is 24.1 Å². The Morgan fingerprint density at radius 3 is 2.15 bits per heavy atom. The molecule has 0 aromatic heterocycles. The lowest BCUT2D eigenvalue weighted by atomic mass is 10.5. The van der Waals surface area contributed by atoms with Crippen molar-refractivity contribution >= 4 is 11.9 Å². The number of ether oxygens (including phenoxy) is 1. The Morgan fingerprint density at radius 1 is 1.00 bits per heavy atom. The second-order valence-corrected chi connectivity index (χ2v) is 2.20. The molecule has 0 unspecified atom stereocenters. The normalized spacial score (nSPS) is 9.38. The molecule has 0 saturated carbocycles. The molecular weight excluding hydrogens is 176 g/mol. The van der Waals surface area contributed by atoms with E-state index in [9.17, 15) is 9.59 Å². The fourth-order valence-electron chi connectivity index (χ4n) is 0.458. The third-order valence-electron chi connectivity index (χ3n) is 1.16. The number of esters is 1. The number of hydrogen-bond acceptors (Lipinski definition) is 5. The van der Waals surface area contributed by atoms with Crippen molar-refractivity contribution in [1.82, 2.24) is 0 Å². The molecule has 0 atom stereocenters. The van der Waals surface area contributed by atoms with Gasteiger partial charge in [-0.05, 0) is 0 Å². The summed E-state index contributed by atoms with van der Waals surface area (Å²) in [6.07, 6.45) is 0.587. The van der Waals surface area contributed by atoms with E-state index >= 15 is 0 Å². The molecule has 0 spiro atoms. The van der Waals surface area contributed by atoms with Gasteiger partial charge in [0.1, 0.15) is 13.2 Å². The summed E-state index contributed by atoms with van der Waals surface area (Å²) < 4.78 is 4.65. The van der Waals surface area contributed by atoms with Gasteiger partial charge in [0.05, 0.1) is 0 Å². The third kappa shape index (κ3) is 7.27. The zero-order valence-corrected chi connectivity index (χ0v) is 7.87. The molecule has 0 amide bonds. The predicted octanol–water partition coefficient (Wildman–Crippen LogP) is 0.824. The first-order valence-electron chi connectivity index (χ1n) is 4.18. The van der Waals surface area contributed by atoms with E-state index in [0.717, 1.165) is 0 Å². The molecular formula is C8H14O5. The fraction of sp³-hybridized carbons (Fsp3) is 0.750. The van der Waals surface area contributed by atoms with E-state index < -0.39 is 5.97 Å². The first kappa shape index (κ1) is 11.9. The van der Waals surface area contributed by atoms with E-state index in [0.29, 0.717) is 6.42 Å². The van der Waals surface area contributed by atoms with Crippen molar-refractivity contribution in [2.75, 3.05) is 13.2 Å². The van der Waals surface area contributed by atoms with Crippen LogP contribution >= 0.6 is 0 Å². The van der Waals surface area contributed by atoms with Gasteiger partial charge in [-0.1, -0.05) is 13.8 Å². The summed E-state index contributed by atoms with van der Waals surface area (Å²) in [7, 11) is 0. The predicted molar refractivity (Wildman–Crippen MR) is 43.6 cm³/mol. The second kappa shape index (κ2) is 7.54. The Kier molecular flexibility index (Phi) is 6.91. The lowest BCUT2D eigenvalue weighted by molar-refractivity contribution is -0.275. The summed E-state index contributed by atoms with van der Waals surface area (Å²) in [6.45, 7) is 3.52. The lowest BCUT2D eigenvalue weighted by Crippen LogP contribution is -2.11. The van der Waals surface area contributed by atoms with Crippen molar-refractivity contribution in [3.63, 3.8) is 0 Å². The molecule has 5 nitrogen and oxygen atoms in total. The van der Waals surface area contributed by atoms with E-state index in [2.05, 4.69) is 14.5 Å². The molecule has 76 valence electrons. The number of carbonyl (C=O) groups excluding carboxylic acids is 2. The van der Waals surface area contributed by atoms with Crippen LogP contribution in [0.15, 0.2) is 0 Å². The highest BCUT2D eigenvalue weighted by Crippen LogP contribution is 1.88. The Hall–Kier alpha value is -1.10. The van der Waals surface area contributed by atoms with E-state index in [1.807, 2.05) is 0 Å². The van der Waals surface area contributed by atoms with E-state index in [4.69, 9.17) is 0 Å². The van der Waals surface area contributed by atoms with Gasteiger partial charge in [0.2, 0.25) is 0 Å². The van der Waals surface area contributed by atoms with Gasteiger partial charge >= 0.3 is 11.9 Å². The Labute approximate surface area is 76.9 Å². The van der Waals surface area contributed by atoms with Crippen molar-refractivity contribution in [3.8, 4) is 0 Å². The molecule has 0 aliphatic rings. The van der Waals surface area contributed by atoms with Crippen LogP contribution in [0.2, 0.25) is 0 Å². The van der Waals surface area contributed by atoms with Gasteiger partial charge in [-0.2, -0.15) is 4.89 Å². The van der Waals surface area contributed by atoms with Gasteiger partial charge in [-0.15, -0.1) is 0 Å². The maximum atomic E-state index is 10.6. The molecule has 0 fully saturated rings. The lowest BCUT2D eigenvalue weighted by Gasteiger charge is -2.03. The minimum Gasteiger partial charge on any atom is -0.463 e. The monoisotopic (exact) mass is 190 g/mol. The van der Waals surface area contributed by atoms with Crippen LogP contribution in [0, 0.1) is 0 Å². The Morgan fingerprint density at radius 2 is 1.62 bits per heavy atom. The van der Waals surface area contributed by atoms with Gasteiger partial charge < -0.3 is 4.74 Å². The smallest absolute Gasteiger partial charge is 0.342 e. The standard InChI is InChI=1S/C8H14O5/c1-3-7(9)11-5-6-12-13-8(10)4-2/h3-6H2,1-2H3. The highest BCUT2D eigenvalue weighted by molar-refractivity contribution is 5.68. The molecule has 0 aliphatic carbocycles. The van der Waals surface area contributed by atoms with Crippen LogP contribution in [0.4, 0.5) is 0 Å². The molecule has 0 heterocycles. The average Bonchev–Trinajstić information content (AvgIpc) is 2.16. The van der Waals surface area contributed by atoms with Crippen LogP contribution in [0.5, 0.6) is 0 Å². The van der Waals surface area contributed by atoms with Gasteiger partial charge in [-0.3, -0.25) is 9.68 Å². The molecule has 5 heteroatoms. The van der Waals surface area contributed by atoms with Crippen LogP contribution in [0.3, 0.4) is 0 Å². The fourth-order valence-corrected chi connectivity index (χ4v) is 0.458. The topological polar surface area (TPSA) is 61.8 Å². The zero-order chi connectivity index (χ0) is 10.1. The Bertz CT molecular complexity index is 148. The van der Waals surface area contributed by atoms with Crippen LogP contribution in [0.1, 0.15) is 26.7 Å². The molecule has 0 saturated heterocycles. The van der Waals surface area contributed by atoms with Crippen molar-refractivity contribution in [3.05, 3.63) is 0 Å². The van der Waals surface area contributed by atoms with Crippen LogP contribution in [-0.2, 0) is 24.1 Å². The number of hydrogen-bond donors (Lipinski definition) is 0. The second-order valence-electron chi connectivity index (χ2n) is 2.20. The molecule has 0 rings (SSSR count). The summed E-state index contributed by atoms with van der Waals surface area (Å²) in [5, 5.41) is 0.